The van der Waals surface area contributed by atoms with Crippen molar-refractivity contribution in [1.29, 1.82) is 0 Å². The van der Waals surface area contributed by atoms with Crippen LogP contribution in [0.5, 0.6) is 0 Å². The molecule has 1 heterocycles. The minimum Gasteiger partial charge on any atom is -0.388 e. The van der Waals surface area contributed by atoms with E-state index in [0.29, 0.717) is 5.92 Å². The van der Waals surface area contributed by atoms with Gasteiger partial charge in [0, 0.05) is 0 Å². The summed E-state index contributed by atoms with van der Waals surface area (Å²) in [4.78, 5) is 0. The first-order chi connectivity index (χ1) is 5.22. The maximum Gasteiger partial charge on any atom is 0.0773 e. The average molecular weight is 155 g/mol. The molecular weight excluding hydrogens is 138 g/mol. The lowest BCUT2D eigenvalue weighted by Gasteiger charge is -2.27. The third-order valence-corrected chi connectivity index (χ3v) is 2.34. The van der Waals surface area contributed by atoms with E-state index in [-0.39, 0.29) is 6.10 Å². The van der Waals surface area contributed by atoms with E-state index in [1.165, 1.54) is 0 Å². The van der Waals surface area contributed by atoms with Crippen molar-refractivity contribution in [3.63, 3.8) is 0 Å². The van der Waals surface area contributed by atoms with Gasteiger partial charge in [-0.2, -0.15) is 0 Å². The van der Waals surface area contributed by atoms with E-state index < -0.39 is 0 Å². The third kappa shape index (κ3) is 2.31. The van der Waals surface area contributed by atoms with E-state index in [0.717, 1.165) is 31.5 Å². The monoisotopic (exact) mass is 155 g/mol. The van der Waals surface area contributed by atoms with Crippen LogP contribution < -0.4 is 5.32 Å². The summed E-state index contributed by atoms with van der Waals surface area (Å²) in [5.41, 5.74) is 0.900. The molecule has 1 rings (SSSR count). The van der Waals surface area contributed by atoms with Crippen LogP contribution in [0.4, 0.5) is 0 Å². The predicted octanol–water partition coefficient (Wildman–Crippen LogP) is 0.923. The Hall–Kier alpha value is -0.340. The van der Waals surface area contributed by atoms with Crippen LogP contribution in [0.3, 0.4) is 0 Å². The van der Waals surface area contributed by atoms with Gasteiger partial charge in [0.2, 0.25) is 0 Å². The Morgan fingerprint density at radius 3 is 2.55 bits per heavy atom. The minimum atomic E-state index is -0.280. The number of piperidine rings is 1. The molecule has 0 bridgehead atoms. The van der Waals surface area contributed by atoms with Crippen LogP contribution in [-0.2, 0) is 0 Å². The van der Waals surface area contributed by atoms with Crippen LogP contribution in [0.15, 0.2) is 12.2 Å². The van der Waals surface area contributed by atoms with Gasteiger partial charge in [0.1, 0.15) is 0 Å². The van der Waals surface area contributed by atoms with E-state index in [4.69, 9.17) is 0 Å². The van der Waals surface area contributed by atoms with Crippen LogP contribution in [0.1, 0.15) is 19.8 Å². The topological polar surface area (TPSA) is 32.3 Å². The number of nitrogens with one attached hydrogen (secondary N) is 1. The number of aliphatic hydroxyl groups excluding tert-OH is 1. The summed E-state index contributed by atoms with van der Waals surface area (Å²) in [6.45, 7) is 7.73. The Labute approximate surface area is 68.3 Å². The Bertz CT molecular complexity index is 138. The molecule has 0 amide bonds. The molecule has 1 unspecified atom stereocenters. The summed E-state index contributed by atoms with van der Waals surface area (Å²) in [5, 5.41) is 12.9. The summed E-state index contributed by atoms with van der Waals surface area (Å²) in [6.07, 6.45) is 1.87. The fourth-order valence-corrected chi connectivity index (χ4v) is 1.56. The SMILES string of the molecule is C=C(C)C(O)C1CCNCC1. The first-order valence-corrected chi connectivity index (χ1v) is 4.26. The zero-order valence-electron chi connectivity index (χ0n) is 7.14. The summed E-state index contributed by atoms with van der Waals surface area (Å²) in [5.74, 6) is 0.439. The second-order valence-corrected chi connectivity index (χ2v) is 3.38. The molecule has 0 aromatic rings. The van der Waals surface area contributed by atoms with Gasteiger partial charge >= 0.3 is 0 Å². The molecule has 11 heavy (non-hydrogen) atoms. The van der Waals surface area contributed by atoms with E-state index in [1.54, 1.807) is 0 Å². The van der Waals surface area contributed by atoms with E-state index in [2.05, 4.69) is 11.9 Å². The molecule has 0 aromatic carbocycles. The highest BCUT2D eigenvalue weighted by Crippen LogP contribution is 2.20. The van der Waals surface area contributed by atoms with Gasteiger partial charge in [-0.1, -0.05) is 12.2 Å². The molecule has 1 saturated heterocycles. The van der Waals surface area contributed by atoms with Gasteiger partial charge < -0.3 is 10.4 Å². The lowest BCUT2D eigenvalue weighted by atomic mass is 9.89. The van der Waals surface area contributed by atoms with Crippen molar-refractivity contribution in [3.05, 3.63) is 12.2 Å². The second kappa shape index (κ2) is 3.88. The molecule has 1 aliphatic heterocycles. The van der Waals surface area contributed by atoms with Gasteiger partial charge in [0.25, 0.3) is 0 Å². The van der Waals surface area contributed by atoms with Gasteiger partial charge in [-0.05, 0) is 38.8 Å². The summed E-state index contributed by atoms with van der Waals surface area (Å²) in [7, 11) is 0. The maximum atomic E-state index is 9.62. The number of aliphatic hydroxyl groups is 1. The highest BCUT2D eigenvalue weighted by molar-refractivity contribution is 5.00. The number of rotatable bonds is 2. The fourth-order valence-electron chi connectivity index (χ4n) is 1.56. The van der Waals surface area contributed by atoms with Crippen LogP contribution in [0, 0.1) is 5.92 Å². The molecule has 1 atom stereocenters. The third-order valence-electron chi connectivity index (χ3n) is 2.34. The molecule has 0 radical (unpaired) electrons. The van der Waals surface area contributed by atoms with Crippen molar-refractivity contribution < 1.29 is 5.11 Å². The molecule has 0 saturated carbocycles. The van der Waals surface area contributed by atoms with Crippen LogP contribution >= 0.6 is 0 Å². The number of hydrogen-bond acceptors (Lipinski definition) is 2. The molecular formula is C9H17NO. The highest BCUT2D eigenvalue weighted by Gasteiger charge is 2.21. The summed E-state index contributed by atoms with van der Waals surface area (Å²) in [6, 6.07) is 0. The standard InChI is InChI=1S/C9H17NO/c1-7(2)9(11)8-3-5-10-6-4-8/h8-11H,1,3-6H2,2H3. The van der Waals surface area contributed by atoms with E-state index in [9.17, 15) is 5.11 Å². The molecule has 2 nitrogen and oxygen atoms in total. The second-order valence-electron chi connectivity index (χ2n) is 3.38. The van der Waals surface area contributed by atoms with Gasteiger partial charge in [-0.3, -0.25) is 0 Å². The quantitative estimate of drug-likeness (QED) is 0.581. The minimum absolute atomic E-state index is 0.280. The molecule has 2 N–H and O–H groups in total. The Kier molecular flexibility index (Phi) is 3.09. The van der Waals surface area contributed by atoms with Gasteiger partial charge in [-0.25, -0.2) is 0 Å². The molecule has 2 heteroatoms. The first kappa shape index (κ1) is 8.75. The van der Waals surface area contributed by atoms with Gasteiger partial charge in [0.05, 0.1) is 6.10 Å². The Morgan fingerprint density at radius 2 is 2.09 bits per heavy atom. The molecule has 0 aromatic heterocycles. The summed E-state index contributed by atoms with van der Waals surface area (Å²) < 4.78 is 0. The average Bonchev–Trinajstić information content (AvgIpc) is 2.05. The molecule has 1 fully saturated rings. The van der Waals surface area contributed by atoms with Gasteiger partial charge in [-0.15, -0.1) is 0 Å². The number of hydrogen-bond donors (Lipinski definition) is 2. The van der Waals surface area contributed by atoms with Crippen molar-refractivity contribution in [2.24, 2.45) is 5.92 Å². The lowest BCUT2D eigenvalue weighted by molar-refractivity contribution is 0.120. The van der Waals surface area contributed by atoms with Gasteiger partial charge in [0.15, 0.2) is 0 Å². The molecule has 64 valence electrons. The van der Waals surface area contributed by atoms with Crippen molar-refractivity contribution in [2.75, 3.05) is 13.1 Å². The van der Waals surface area contributed by atoms with Crippen LogP contribution in [0.2, 0.25) is 0 Å². The smallest absolute Gasteiger partial charge is 0.0773 e. The predicted molar refractivity (Wildman–Crippen MR) is 46.4 cm³/mol. The normalized spacial score (nSPS) is 23.1. The van der Waals surface area contributed by atoms with E-state index >= 15 is 0 Å². The van der Waals surface area contributed by atoms with Crippen molar-refractivity contribution in [1.82, 2.24) is 5.32 Å². The van der Waals surface area contributed by atoms with E-state index in [1.807, 2.05) is 6.92 Å². The van der Waals surface area contributed by atoms with Crippen LogP contribution in [0.25, 0.3) is 0 Å². The fraction of sp³-hybridized carbons (Fsp3) is 0.778. The first-order valence-electron chi connectivity index (χ1n) is 4.26. The van der Waals surface area contributed by atoms with Crippen molar-refractivity contribution in [2.45, 2.75) is 25.9 Å². The zero-order valence-corrected chi connectivity index (χ0v) is 7.14. The zero-order chi connectivity index (χ0) is 8.27. The Morgan fingerprint density at radius 1 is 1.55 bits per heavy atom. The molecule has 0 spiro atoms. The Balaban J connectivity index is 2.38. The maximum absolute atomic E-state index is 9.62. The molecule has 0 aliphatic carbocycles. The van der Waals surface area contributed by atoms with Crippen molar-refractivity contribution in [3.8, 4) is 0 Å². The lowest BCUT2D eigenvalue weighted by Crippen LogP contribution is -2.34. The highest BCUT2D eigenvalue weighted by atomic mass is 16.3. The molecule has 1 aliphatic rings. The summed E-state index contributed by atoms with van der Waals surface area (Å²) >= 11 is 0. The van der Waals surface area contributed by atoms with Crippen molar-refractivity contribution >= 4 is 0 Å². The van der Waals surface area contributed by atoms with Crippen LogP contribution in [-0.4, -0.2) is 24.3 Å². The largest absolute Gasteiger partial charge is 0.388 e.